The van der Waals surface area contributed by atoms with Crippen molar-refractivity contribution in [1.82, 2.24) is 24.5 Å². The Morgan fingerprint density at radius 3 is 2.54 bits per heavy atom. The lowest BCUT2D eigenvalue weighted by Crippen LogP contribution is -2.51. The van der Waals surface area contributed by atoms with Crippen molar-refractivity contribution in [3.05, 3.63) is 117 Å². The summed E-state index contributed by atoms with van der Waals surface area (Å²) in [7, 11) is 0. The van der Waals surface area contributed by atoms with Crippen molar-refractivity contribution in [3.8, 4) is 11.5 Å². The SMILES string of the molecule is CC1(C)CCC(CN2CCN(c3ccc(C(=O)NSc4ccc(NCC5CN(C(=O)C(C)(C)C)CCO5)c([N+](=O)[O-])c4)c(Oc4cnc5[nH]ccc5c4)c3)CC2)=C(c2ccc(C(F)(F)F)cc2Cl)C1. The highest BCUT2D eigenvalue weighted by molar-refractivity contribution is 7.98. The van der Waals surface area contributed by atoms with Gasteiger partial charge >= 0.3 is 6.18 Å². The van der Waals surface area contributed by atoms with Crippen molar-refractivity contribution in [2.75, 3.05) is 69.2 Å². The van der Waals surface area contributed by atoms with Crippen LogP contribution in [0.2, 0.25) is 5.02 Å². The number of nitrogens with one attached hydrogen (secondary N) is 3. The molecular formula is C50H56ClF3N8O6S. The molecule has 2 amide bonds. The molecule has 4 heterocycles. The predicted octanol–water partition coefficient (Wildman–Crippen LogP) is 10.8. The van der Waals surface area contributed by atoms with Crippen LogP contribution in [-0.2, 0) is 15.7 Å². The molecule has 69 heavy (non-hydrogen) atoms. The van der Waals surface area contributed by atoms with E-state index in [1.165, 1.54) is 17.7 Å². The summed E-state index contributed by atoms with van der Waals surface area (Å²) in [5.41, 5.74) is 3.39. The molecule has 0 bridgehead atoms. The van der Waals surface area contributed by atoms with Crippen molar-refractivity contribution < 1.29 is 37.2 Å². The van der Waals surface area contributed by atoms with Gasteiger partial charge in [0.05, 0.1) is 35.0 Å². The highest BCUT2D eigenvalue weighted by Gasteiger charge is 2.35. The Morgan fingerprint density at radius 1 is 1.03 bits per heavy atom. The van der Waals surface area contributed by atoms with Gasteiger partial charge in [-0.1, -0.05) is 57.9 Å². The zero-order chi connectivity index (χ0) is 49.3. The summed E-state index contributed by atoms with van der Waals surface area (Å²) < 4.78 is 55.6. The third-order valence-electron chi connectivity index (χ3n) is 12.8. The number of hydrogen-bond acceptors (Lipinski definition) is 11. The van der Waals surface area contributed by atoms with E-state index >= 15 is 0 Å². The third kappa shape index (κ3) is 12.0. The lowest BCUT2D eigenvalue weighted by Gasteiger charge is -2.39. The van der Waals surface area contributed by atoms with Gasteiger partial charge in [-0.15, -0.1) is 0 Å². The Hall–Kier alpha value is -5.82. The number of aromatic amines is 1. The normalized spacial score (nSPS) is 18.1. The number of pyridine rings is 1. The molecule has 0 spiro atoms. The van der Waals surface area contributed by atoms with Crippen LogP contribution in [0.5, 0.6) is 11.5 Å². The standard InChI is InChI=1S/C50H56ClF3N8O6S/c1-48(2,3)47(64)61-20-21-67-36(30-61)28-56-42-11-8-37(25-43(42)62(65)66)69-58-46(63)39-10-7-34(24-44(39)68-35-22-31-13-15-55-45(31)57-27-35)60-18-16-59(17-19-60)29-32-12-14-49(4,5)26-40(32)38-9-6-33(23-41(38)51)50(52,53)54/h6-11,13,15,22-25,27,36,56H,12,14,16-21,26,28-30H2,1-5H3,(H,55,57)(H,58,63). The number of rotatable bonds is 13. The molecule has 2 saturated heterocycles. The zero-order valence-corrected chi connectivity index (χ0v) is 40.7. The quantitative estimate of drug-likeness (QED) is 0.0586. The van der Waals surface area contributed by atoms with Gasteiger partial charge in [-0.3, -0.25) is 29.3 Å². The molecule has 5 aromatic rings. The highest BCUT2D eigenvalue weighted by atomic mass is 35.5. The summed E-state index contributed by atoms with van der Waals surface area (Å²) in [4.78, 5) is 52.9. The van der Waals surface area contributed by atoms with Crippen LogP contribution in [0, 0.1) is 20.9 Å². The number of allylic oxidation sites excluding steroid dienone is 1. The van der Waals surface area contributed by atoms with Crippen molar-refractivity contribution in [3.63, 3.8) is 0 Å². The first-order valence-corrected chi connectivity index (χ1v) is 24.1. The fourth-order valence-corrected chi connectivity index (χ4v) is 9.93. The first-order chi connectivity index (χ1) is 32.7. The number of fused-ring (bicyclic) bond motifs is 1. The maximum absolute atomic E-state index is 14.0. The number of halogens is 4. The molecule has 2 aromatic heterocycles. The minimum absolute atomic E-state index is 0.0179. The van der Waals surface area contributed by atoms with Gasteiger partial charge < -0.3 is 29.6 Å². The van der Waals surface area contributed by atoms with Gasteiger partial charge in [-0.25, -0.2) is 4.98 Å². The number of alkyl halides is 3. The van der Waals surface area contributed by atoms with Gasteiger partial charge in [0.1, 0.15) is 22.8 Å². The predicted molar refractivity (Wildman–Crippen MR) is 263 cm³/mol. The summed E-state index contributed by atoms with van der Waals surface area (Å²) in [6.07, 6.45) is 1.00. The molecule has 3 aromatic carbocycles. The second-order valence-corrected chi connectivity index (χ2v) is 20.9. The zero-order valence-electron chi connectivity index (χ0n) is 39.2. The van der Waals surface area contributed by atoms with Crippen LogP contribution in [-0.4, -0.2) is 102 Å². The minimum atomic E-state index is -4.48. The number of aromatic nitrogens is 2. The third-order valence-corrected chi connectivity index (χ3v) is 13.9. The molecule has 3 N–H and O–H groups in total. The number of morpholine rings is 1. The minimum Gasteiger partial charge on any atom is -0.455 e. The second-order valence-electron chi connectivity index (χ2n) is 19.6. The van der Waals surface area contributed by atoms with Crippen LogP contribution < -0.4 is 19.7 Å². The Bertz CT molecular complexity index is 2770. The van der Waals surface area contributed by atoms with E-state index in [1.807, 2.05) is 45.0 Å². The molecular weight excluding hydrogens is 933 g/mol. The van der Waals surface area contributed by atoms with Crippen LogP contribution in [0.3, 0.4) is 0 Å². The van der Waals surface area contributed by atoms with E-state index in [1.54, 1.807) is 35.5 Å². The number of anilines is 2. The van der Waals surface area contributed by atoms with Crippen LogP contribution in [0.15, 0.2) is 89.6 Å². The molecule has 366 valence electrons. The van der Waals surface area contributed by atoms with Gasteiger partial charge in [0.25, 0.3) is 11.6 Å². The highest BCUT2D eigenvalue weighted by Crippen LogP contribution is 2.46. The number of nitro benzene ring substituents is 1. The van der Waals surface area contributed by atoms with E-state index in [9.17, 15) is 32.9 Å². The van der Waals surface area contributed by atoms with Gasteiger partial charge in [-0.2, -0.15) is 13.2 Å². The Balaban J connectivity index is 0.953. The van der Waals surface area contributed by atoms with Gasteiger partial charge in [-0.05, 0) is 96.3 Å². The number of benzene rings is 3. The number of H-pyrrole nitrogens is 1. The van der Waals surface area contributed by atoms with Crippen molar-refractivity contribution >= 4 is 69.0 Å². The number of carbonyl (C=O) groups excluding carboxylic acids is 2. The Morgan fingerprint density at radius 2 is 1.81 bits per heavy atom. The summed E-state index contributed by atoms with van der Waals surface area (Å²) in [5.74, 6) is 0.244. The average Bonchev–Trinajstić information content (AvgIpc) is 3.78. The van der Waals surface area contributed by atoms with Crippen LogP contribution in [0.4, 0.5) is 30.2 Å². The van der Waals surface area contributed by atoms with Crippen LogP contribution >= 0.6 is 23.5 Å². The number of nitro groups is 1. The first-order valence-electron chi connectivity index (χ1n) is 22.9. The summed E-state index contributed by atoms with van der Waals surface area (Å²) in [5, 5.41) is 16.3. The summed E-state index contributed by atoms with van der Waals surface area (Å²) in [6.45, 7) is 14.9. The van der Waals surface area contributed by atoms with Crippen LogP contribution in [0.1, 0.15) is 75.4 Å². The molecule has 1 atom stereocenters. The summed E-state index contributed by atoms with van der Waals surface area (Å²) >= 11 is 7.49. The molecule has 1 unspecified atom stereocenters. The number of carbonyl (C=O) groups is 2. The number of piperazine rings is 1. The fraction of sp³-hybridized carbons (Fsp3) is 0.420. The lowest BCUT2D eigenvalue weighted by molar-refractivity contribution is -0.384. The largest absolute Gasteiger partial charge is 0.455 e. The van der Waals surface area contributed by atoms with Gasteiger partial charge in [0, 0.05) is 97.1 Å². The molecule has 14 nitrogen and oxygen atoms in total. The molecule has 19 heteroatoms. The monoisotopic (exact) mass is 988 g/mol. The van der Waals surface area contributed by atoms with Crippen molar-refractivity contribution in [2.24, 2.45) is 10.8 Å². The number of nitrogens with zero attached hydrogens (tertiary/aromatic N) is 5. The van der Waals surface area contributed by atoms with E-state index < -0.39 is 28.0 Å². The molecule has 0 saturated carbocycles. The fourth-order valence-electron chi connectivity index (χ4n) is 9.01. The molecule has 3 aliphatic rings. The topological polar surface area (TPSA) is 158 Å². The molecule has 8 rings (SSSR count). The molecule has 0 radical (unpaired) electrons. The van der Waals surface area contributed by atoms with E-state index in [2.05, 4.69) is 43.7 Å². The Kier molecular flexibility index (Phi) is 14.6. The smallest absolute Gasteiger partial charge is 0.416 e. The van der Waals surface area contributed by atoms with Crippen molar-refractivity contribution in [1.29, 1.82) is 0 Å². The van der Waals surface area contributed by atoms with E-state index in [0.29, 0.717) is 67.6 Å². The summed E-state index contributed by atoms with van der Waals surface area (Å²) in [6, 6.07) is 17.4. The Labute approximate surface area is 408 Å². The van der Waals surface area contributed by atoms with Gasteiger partial charge in [0.15, 0.2) is 0 Å². The van der Waals surface area contributed by atoms with E-state index in [0.717, 1.165) is 66.7 Å². The van der Waals surface area contributed by atoms with Crippen molar-refractivity contribution in [2.45, 2.75) is 71.1 Å². The van der Waals surface area contributed by atoms with E-state index in [4.69, 9.17) is 21.1 Å². The van der Waals surface area contributed by atoms with E-state index in [-0.39, 0.29) is 51.7 Å². The molecule has 2 fully saturated rings. The van der Waals surface area contributed by atoms with Crippen LogP contribution in [0.25, 0.3) is 16.6 Å². The number of ether oxygens (including phenoxy) is 2. The number of amides is 2. The number of hydrogen-bond donors (Lipinski definition) is 3. The molecule has 2 aliphatic heterocycles. The maximum Gasteiger partial charge on any atom is 0.416 e. The lowest BCUT2D eigenvalue weighted by atomic mass is 9.72. The second kappa shape index (κ2) is 20.3. The first kappa shape index (κ1) is 49.6. The molecule has 1 aliphatic carbocycles. The van der Waals surface area contributed by atoms with Gasteiger partial charge in [0.2, 0.25) is 5.91 Å². The average molecular weight is 990 g/mol. The maximum atomic E-state index is 14.0.